The van der Waals surface area contributed by atoms with Crippen LogP contribution in [0.5, 0.6) is 0 Å². The number of Topliss-reactive ketones (excluding diaryl/α,β-unsaturated/α-hetero) is 1. The van der Waals surface area contributed by atoms with E-state index in [9.17, 15) is 14.4 Å². The van der Waals surface area contributed by atoms with Gasteiger partial charge in [0.2, 0.25) is 0 Å². The molecular formula is C29H45NO6. The molecule has 1 heterocycles. The minimum Gasteiger partial charge on any atom is -0.460 e. The molecule has 0 saturated carbocycles. The second-order valence-corrected chi connectivity index (χ2v) is 12.0. The Morgan fingerprint density at radius 2 is 1.56 bits per heavy atom. The smallest absolute Gasteiger partial charge is 0.410 e. The fourth-order valence-corrected chi connectivity index (χ4v) is 4.80. The Morgan fingerprint density at radius 3 is 2.08 bits per heavy atom. The number of rotatable bonds is 9. The van der Waals surface area contributed by atoms with Crippen molar-refractivity contribution in [1.29, 1.82) is 0 Å². The molecule has 7 nitrogen and oxygen atoms in total. The summed E-state index contributed by atoms with van der Waals surface area (Å²) >= 11 is 0. The van der Waals surface area contributed by atoms with Crippen molar-refractivity contribution in [3.63, 3.8) is 0 Å². The van der Waals surface area contributed by atoms with E-state index in [2.05, 4.69) is 0 Å². The van der Waals surface area contributed by atoms with Crippen molar-refractivity contribution in [2.75, 3.05) is 7.11 Å². The predicted molar refractivity (Wildman–Crippen MR) is 140 cm³/mol. The van der Waals surface area contributed by atoms with Gasteiger partial charge in [-0.15, -0.1) is 0 Å². The van der Waals surface area contributed by atoms with Gasteiger partial charge in [-0.2, -0.15) is 0 Å². The van der Waals surface area contributed by atoms with E-state index in [1.54, 1.807) is 12.0 Å². The molecular weight excluding hydrogens is 458 g/mol. The molecule has 0 aromatic heterocycles. The monoisotopic (exact) mass is 503 g/mol. The van der Waals surface area contributed by atoms with Crippen LogP contribution in [0.3, 0.4) is 0 Å². The number of nitrogens with zero attached hydrogens (tertiary/aromatic N) is 1. The Labute approximate surface area is 216 Å². The quantitative estimate of drug-likeness (QED) is 0.409. The number of hydrogen-bond donors (Lipinski definition) is 0. The van der Waals surface area contributed by atoms with Gasteiger partial charge in [-0.05, 0) is 73.3 Å². The van der Waals surface area contributed by atoms with Crippen molar-refractivity contribution < 1.29 is 28.6 Å². The molecule has 1 fully saturated rings. The normalized spacial score (nSPS) is 21.0. The van der Waals surface area contributed by atoms with Crippen LogP contribution >= 0.6 is 0 Å². The van der Waals surface area contributed by atoms with Gasteiger partial charge in [-0.1, -0.05) is 37.3 Å². The van der Waals surface area contributed by atoms with E-state index in [1.165, 1.54) is 0 Å². The van der Waals surface area contributed by atoms with Gasteiger partial charge in [0.15, 0.2) is 0 Å². The minimum atomic E-state index is -0.649. The zero-order valence-corrected chi connectivity index (χ0v) is 23.5. The van der Waals surface area contributed by atoms with Crippen LogP contribution in [0, 0.1) is 11.8 Å². The molecule has 0 aliphatic carbocycles. The van der Waals surface area contributed by atoms with E-state index in [0.29, 0.717) is 6.42 Å². The fraction of sp³-hybridized carbons (Fsp3) is 0.690. The van der Waals surface area contributed by atoms with Crippen LogP contribution < -0.4 is 0 Å². The van der Waals surface area contributed by atoms with Gasteiger partial charge in [0.25, 0.3) is 0 Å². The maximum atomic E-state index is 13.5. The number of hydrogen-bond acceptors (Lipinski definition) is 6. The van der Waals surface area contributed by atoms with Crippen molar-refractivity contribution >= 4 is 17.8 Å². The molecule has 7 heteroatoms. The molecule has 0 spiro atoms. The molecule has 2 rings (SSSR count). The number of esters is 1. The van der Waals surface area contributed by atoms with Crippen LogP contribution in [-0.2, 0) is 30.2 Å². The van der Waals surface area contributed by atoms with Crippen molar-refractivity contribution in [2.45, 2.75) is 110 Å². The number of likely N-dealkylation sites (tertiary alicyclic amines) is 1. The summed E-state index contributed by atoms with van der Waals surface area (Å²) in [5, 5.41) is 0. The summed E-state index contributed by atoms with van der Waals surface area (Å²) in [5.74, 6) is -1.59. The zero-order valence-electron chi connectivity index (χ0n) is 23.5. The molecule has 0 unspecified atom stereocenters. The summed E-state index contributed by atoms with van der Waals surface area (Å²) in [4.78, 5) is 41.3. The summed E-state index contributed by atoms with van der Waals surface area (Å²) < 4.78 is 17.1. The average Bonchev–Trinajstić information content (AvgIpc) is 3.13. The first-order chi connectivity index (χ1) is 16.6. The molecule has 1 aromatic rings. The molecule has 36 heavy (non-hydrogen) atoms. The fourth-order valence-electron chi connectivity index (χ4n) is 4.80. The van der Waals surface area contributed by atoms with E-state index in [-0.39, 0.29) is 30.3 Å². The third-order valence-electron chi connectivity index (χ3n) is 6.48. The number of ether oxygens (including phenoxy) is 3. The van der Waals surface area contributed by atoms with E-state index in [4.69, 9.17) is 14.2 Å². The topological polar surface area (TPSA) is 82.1 Å². The van der Waals surface area contributed by atoms with Gasteiger partial charge >= 0.3 is 12.1 Å². The van der Waals surface area contributed by atoms with Gasteiger partial charge in [0.05, 0.1) is 18.1 Å². The molecule has 1 aromatic carbocycles. The number of benzene rings is 1. The van der Waals surface area contributed by atoms with Gasteiger partial charge in [-0.3, -0.25) is 14.5 Å². The van der Waals surface area contributed by atoms with Gasteiger partial charge in [0, 0.05) is 25.5 Å². The zero-order chi connectivity index (χ0) is 27.3. The van der Waals surface area contributed by atoms with Crippen LogP contribution in [0.15, 0.2) is 30.3 Å². The number of carbonyl (C=O) groups is 3. The van der Waals surface area contributed by atoms with E-state index in [1.807, 2.05) is 85.7 Å². The first kappa shape index (κ1) is 29.8. The largest absolute Gasteiger partial charge is 0.460 e. The highest BCUT2D eigenvalue weighted by atomic mass is 16.6. The molecule has 5 atom stereocenters. The number of ketones is 1. The third kappa shape index (κ3) is 8.61. The maximum absolute atomic E-state index is 13.5. The van der Waals surface area contributed by atoms with Crippen molar-refractivity contribution in [3.05, 3.63) is 35.9 Å². The van der Waals surface area contributed by atoms with Crippen molar-refractivity contribution in [1.82, 2.24) is 4.90 Å². The first-order valence-electron chi connectivity index (χ1n) is 13.0. The van der Waals surface area contributed by atoms with Crippen LogP contribution in [0.25, 0.3) is 0 Å². The molecule has 1 saturated heterocycles. The first-order valence-corrected chi connectivity index (χ1v) is 13.0. The van der Waals surface area contributed by atoms with E-state index in [0.717, 1.165) is 18.4 Å². The Hall–Kier alpha value is -2.41. The standard InChI is InChI=1S/C29H45NO6/c1-19-15-16-23(30(19)27(33)36-29(6,7)8)25(34-9)20(2)24(31)18-22(26(32)35-28(3,4)5)17-21-13-11-10-12-14-21/h10-14,19-20,22-23,25H,15-18H2,1-9H3/t19-,20-,22+,23-,25+/m0/s1. The summed E-state index contributed by atoms with van der Waals surface area (Å²) in [5.41, 5.74) is -0.298. The molecule has 1 aliphatic heterocycles. The van der Waals surface area contributed by atoms with Crippen LogP contribution in [0.2, 0.25) is 0 Å². The van der Waals surface area contributed by atoms with Crippen LogP contribution in [0.4, 0.5) is 4.79 Å². The van der Waals surface area contributed by atoms with Gasteiger partial charge in [-0.25, -0.2) is 4.79 Å². The van der Waals surface area contributed by atoms with Gasteiger partial charge in [0.1, 0.15) is 17.0 Å². The molecule has 1 amide bonds. The third-order valence-corrected chi connectivity index (χ3v) is 6.48. The van der Waals surface area contributed by atoms with Crippen molar-refractivity contribution in [2.24, 2.45) is 11.8 Å². The molecule has 0 bridgehead atoms. The molecule has 202 valence electrons. The van der Waals surface area contributed by atoms with Crippen molar-refractivity contribution in [3.8, 4) is 0 Å². The second-order valence-electron chi connectivity index (χ2n) is 12.0. The lowest BCUT2D eigenvalue weighted by atomic mass is 9.85. The number of methoxy groups -OCH3 is 1. The second kappa shape index (κ2) is 12.2. The Balaban J connectivity index is 2.21. The number of amides is 1. The van der Waals surface area contributed by atoms with E-state index < -0.39 is 35.2 Å². The number of carbonyl (C=O) groups excluding carboxylic acids is 3. The minimum absolute atomic E-state index is 0.0163. The summed E-state index contributed by atoms with van der Waals surface area (Å²) in [6, 6.07) is 9.34. The Morgan fingerprint density at radius 1 is 0.972 bits per heavy atom. The van der Waals surface area contributed by atoms with Crippen LogP contribution in [0.1, 0.15) is 80.2 Å². The maximum Gasteiger partial charge on any atom is 0.410 e. The Bertz CT molecular complexity index is 885. The predicted octanol–water partition coefficient (Wildman–Crippen LogP) is 5.59. The van der Waals surface area contributed by atoms with E-state index >= 15 is 0 Å². The average molecular weight is 504 g/mol. The van der Waals surface area contributed by atoms with Crippen LogP contribution in [-0.4, -0.2) is 59.2 Å². The highest BCUT2D eigenvalue weighted by molar-refractivity contribution is 5.86. The summed E-state index contributed by atoms with van der Waals surface area (Å²) in [6.45, 7) is 14.8. The lowest BCUT2D eigenvalue weighted by Crippen LogP contribution is -2.51. The molecule has 0 radical (unpaired) electrons. The summed E-state index contributed by atoms with van der Waals surface area (Å²) in [6.07, 6.45) is 1.08. The highest BCUT2D eigenvalue weighted by Crippen LogP contribution is 2.33. The Kier molecular flexibility index (Phi) is 10.1. The molecule has 0 N–H and O–H groups in total. The van der Waals surface area contributed by atoms with Gasteiger partial charge < -0.3 is 14.2 Å². The highest BCUT2D eigenvalue weighted by Gasteiger charge is 2.44. The molecule has 1 aliphatic rings. The lowest BCUT2D eigenvalue weighted by molar-refractivity contribution is -0.161. The lowest BCUT2D eigenvalue weighted by Gasteiger charge is -2.36. The summed E-state index contributed by atoms with van der Waals surface area (Å²) in [7, 11) is 1.57. The SMILES string of the molecule is CO[C@H]([C@@H](C)C(=O)C[C@@H](Cc1ccccc1)C(=O)OC(C)(C)C)[C@@H]1CC[C@H](C)N1C(=O)OC(C)(C)C.